The van der Waals surface area contributed by atoms with E-state index >= 15 is 0 Å². The average molecular weight is 240 g/mol. The number of benzene rings is 1. The van der Waals surface area contributed by atoms with Crippen LogP contribution < -0.4 is 56.8 Å². The summed E-state index contributed by atoms with van der Waals surface area (Å²) in [4.78, 5) is 0. The van der Waals surface area contributed by atoms with Crippen molar-refractivity contribution in [3.05, 3.63) is 29.8 Å². The molecular weight excluding hydrogens is 227 g/mol. The fourth-order valence-corrected chi connectivity index (χ4v) is 1.40. The Morgan fingerprint density at radius 2 is 1.80 bits per heavy atom. The summed E-state index contributed by atoms with van der Waals surface area (Å²) in [6, 6.07) is 5.59. The second-order valence-corrected chi connectivity index (χ2v) is 3.92. The molecule has 0 amide bonds. The molecule has 78 valence electrons. The van der Waals surface area contributed by atoms with Crippen LogP contribution in [0.4, 0.5) is 12.9 Å². The maximum Gasteiger partial charge on any atom is 1.00 e. The van der Waals surface area contributed by atoms with Crippen LogP contribution in [0.15, 0.2) is 24.3 Å². The Balaban J connectivity index is 0.00000196. The van der Waals surface area contributed by atoms with Gasteiger partial charge in [0.05, 0.1) is 0 Å². The number of rotatable bonds is 3. The second kappa shape index (κ2) is 6.45. The van der Waals surface area contributed by atoms with E-state index in [4.69, 9.17) is 0 Å². The van der Waals surface area contributed by atoms with Gasteiger partial charge in [-0.15, -0.1) is 5.46 Å². The van der Waals surface area contributed by atoms with Crippen LogP contribution in [0.2, 0.25) is 0 Å². The zero-order chi connectivity index (χ0) is 10.8. The summed E-state index contributed by atoms with van der Waals surface area (Å²) in [5.41, 5.74) is 0.264. The fraction of sp³-hybridized carbons (Fsp3) is 0.400. The molecule has 1 rings (SSSR count). The molecule has 0 saturated heterocycles. The Morgan fingerprint density at radius 3 is 2.27 bits per heavy atom. The zero-order valence-electron chi connectivity index (χ0n) is 9.31. The van der Waals surface area contributed by atoms with E-state index in [1.807, 2.05) is 13.8 Å². The monoisotopic (exact) mass is 240 g/mol. The van der Waals surface area contributed by atoms with Crippen molar-refractivity contribution in [2.24, 2.45) is 5.92 Å². The summed E-state index contributed by atoms with van der Waals surface area (Å²) in [6.07, 6.45) is 0.694. The second-order valence-electron chi connectivity index (χ2n) is 3.92. The summed E-state index contributed by atoms with van der Waals surface area (Å²) in [5, 5.41) is 0. The van der Waals surface area contributed by atoms with Crippen LogP contribution in [0, 0.1) is 5.92 Å². The smallest absolute Gasteiger partial charge is 0.445 e. The van der Waals surface area contributed by atoms with Crippen LogP contribution in [0.3, 0.4) is 0 Å². The topological polar surface area (TPSA) is 0 Å². The predicted octanol–water partition coefficient (Wildman–Crippen LogP) is -0.0565. The maximum atomic E-state index is 12.4. The van der Waals surface area contributed by atoms with Gasteiger partial charge in [0.15, 0.2) is 0 Å². The van der Waals surface area contributed by atoms with Crippen molar-refractivity contribution in [3.63, 3.8) is 0 Å². The van der Waals surface area contributed by atoms with Gasteiger partial charge >= 0.3 is 58.4 Å². The minimum absolute atomic E-state index is 0. The molecule has 0 aromatic heterocycles. The molecule has 0 spiro atoms. The van der Waals surface area contributed by atoms with Gasteiger partial charge in [-0.25, -0.2) is 0 Å². The Morgan fingerprint density at radius 1 is 1.20 bits per heavy atom. The van der Waals surface area contributed by atoms with Gasteiger partial charge in [0, 0.05) is 0 Å². The fourth-order valence-electron chi connectivity index (χ4n) is 1.40. The van der Waals surface area contributed by atoms with Gasteiger partial charge in [0.2, 0.25) is 0 Å². The summed E-state index contributed by atoms with van der Waals surface area (Å²) in [5.74, 6) is 0.381. The standard InChI is InChI=1S/C10H13BF3.K/c1-8(2)6-9-4-3-5-10(7-9)11(12,13)14;/h3-5,7-8H,6H2,1-2H3;/q-1;+1. The summed E-state index contributed by atoms with van der Waals surface area (Å²) in [7, 11) is 0. The Bertz CT molecular complexity index is 310. The first-order valence-corrected chi connectivity index (χ1v) is 4.68. The van der Waals surface area contributed by atoms with Gasteiger partial charge < -0.3 is 12.9 Å². The van der Waals surface area contributed by atoms with E-state index in [0.717, 1.165) is 11.6 Å². The van der Waals surface area contributed by atoms with Crippen LogP contribution >= 0.6 is 0 Å². The van der Waals surface area contributed by atoms with Crippen LogP contribution in [0.1, 0.15) is 19.4 Å². The van der Waals surface area contributed by atoms with E-state index in [0.29, 0.717) is 12.3 Å². The third-order valence-electron chi connectivity index (χ3n) is 1.97. The molecule has 1 aromatic rings. The van der Waals surface area contributed by atoms with E-state index in [9.17, 15) is 12.9 Å². The third kappa shape index (κ3) is 5.54. The van der Waals surface area contributed by atoms with Crippen molar-refractivity contribution < 1.29 is 64.3 Å². The van der Waals surface area contributed by atoms with Crippen LogP contribution in [0.5, 0.6) is 0 Å². The van der Waals surface area contributed by atoms with E-state index < -0.39 is 12.4 Å². The molecule has 1 aromatic carbocycles. The third-order valence-corrected chi connectivity index (χ3v) is 1.97. The first-order valence-electron chi connectivity index (χ1n) is 4.68. The maximum absolute atomic E-state index is 12.4. The van der Waals surface area contributed by atoms with Gasteiger partial charge in [0.25, 0.3) is 0 Å². The van der Waals surface area contributed by atoms with Gasteiger partial charge in [-0.2, -0.15) is 0 Å². The van der Waals surface area contributed by atoms with Gasteiger partial charge in [-0.05, 0) is 12.3 Å². The van der Waals surface area contributed by atoms with Gasteiger partial charge in [-0.3, -0.25) is 0 Å². The Kier molecular flexibility index (Phi) is 6.75. The number of halogens is 3. The molecule has 0 aliphatic heterocycles. The Labute approximate surface area is 131 Å². The molecule has 0 bridgehead atoms. The minimum Gasteiger partial charge on any atom is -0.445 e. The van der Waals surface area contributed by atoms with Crippen molar-refractivity contribution in [1.29, 1.82) is 0 Å². The van der Waals surface area contributed by atoms with Gasteiger partial charge in [0.1, 0.15) is 0 Å². The van der Waals surface area contributed by atoms with E-state index in [-0.39, 0.29) is 51.4 Å². The zero-order valence-corrected chi connectivity index (χ0v) is 12.4. The molecule has 0 atom stereocenters. The van der Waals surface area contributed by atoms with Crippen LogP contribution in [-0.2, 0) is 6.42 Å². The first kappa shape index (κ1) is 15.7. The van der Waals surface area contributed by atoms with Gasteiger partial charge in [-0.1, -0.05) is 43.7 Å². The van der Waals surface area contributed by atoms with E-state index in [1.165, 1.54) is 12.1 Å². The SMILES string of the molecule is CC(C)Cc1cccc([B-](F)(F)F)c1.[K+]. The molecule has 5 heteroatoms. The predicted molar refractivity (Wildman–Crippen MR) is 53.7 cm³/mol. The van der Waals surface area contributed by atoms with Crippen LogP contribution in [-0.4, -0.2) is 6.98 Å². The van der Waals surface area contributed by atoms with Crippen LogP contribution in [0.25, 0.3) is 0 Å². The molecule has 0 saturated carbocycles. The Hall–Kier alpha value is 0.711. The van der Waals surface area contributed by atoms with Crippen molar-refractivity contribution >= 4 is 12.4 Å². The largest absolute Gasteiger partial charge is 1.00 e. The number of hydrogen-bond donors (Lipinski definition) is 0. The van der Waals surface area contributed by atoms with Crippen molar-refractivity contribution in [2.75, 3.05) is 0 Å². The molecule has 0 unspecified atom stereocenters. The molecule has 0 aliphatic carbocycles. The van der Waals surface area contributed by atoms with Crippen molar-refractivity contribution in [1.82, 2.24) is 0 Å². The molecule has 0 N–H and O–H groups in total. The average Bonchev–Trinajstić information content (AvgIpc) is 2.01. The van der Waals surface area contributed by atoms with E-state index in [1.54, 1.807) is 6.07 Å². The molecule has 0 fully saturated rings. The first-order chi connectivity index (χ1) is 6.39. The summed E-state index contributed by atoms with van der Waals surface area (Å²) < 4.78 is 37.1. The molecule has 0 aliphatic rings. The molecule has 0 radical (unpaired) electrons. The van der Waals surface area contributed by atoms with E-state index in [2.05, 4.69) is 0 Å². The molecular formula is C10H13BF3K. The number of hydrogen-bond acceptors (Lipinski definition) is 0. The van der Waals surface area contributed by atoms with Crippen molar-refractivity contribution in [3.8, 4) is 0 Å². The summed E-state index contributed by atoms with van der Waals surface area (Å²) in [6.45, 7) is -0.870. The molecule has 0 nitrogen and oxygen atoms in total. The quantitative estimate of drug-likeness (QED) is 0.649. The summed E-state index contributed by atoms with van der Waals surface area (Å²) >= 11 is 0. The molecule has 15 heavy (non-hydrogen) atoms. The van der Waals surface area contributed by atoms with Crippen molar-refractivity contribution in [2.45, 2.75) is 20.3 Å². The molecule has 0 heterocycles. The minimum atomic E-state index is -4.85. The normalized spacial score (nSPS) is 11.3.